The Kier molecular flexibility index (Phi) is 3.08. The van der Waals surface area contributed by atoms with Crippen molar-refractivity contribution in [3.63, 3.8) is 0 Å². The smallest absolute Gasteiger partial charge is 0.308 e. The number of aromatic nitrogens is 1. The monoisotopic (exact) mass is 332 g/mol. The molecule has 84 valence electrons. The number of halogens is 1. The van der Waals surface area contributed by atoms with Gasteiger partial charge in [0.05, 0.1) is 11.6 Å². The van der Waals surface area contributed by atoms with Crippen molar-refractivity contribution in [2.24, 2.45) is 5.92 Å². The lowest BCUT2D eigenvalue weighted by Gasteiger charge is -2.16. The van der Waals surface area contributed by atoms with E-state index < -0.39 is 11.9 Å². The number of hydrogen-bond donors (Lipinski definition) is 1. The predicted molar refractivity (Wildman–Crippen MR) is 65.0 cm³/mol. The second kappa shape index (κ2) is 4.36. The highest BCUT2D eigenvalue weighted by Gasteiger charge is 2.35. The minimum Gasteiger partial charge on any atom is -0.481 e. The number of nitrogens with zero attached hydrogens (tertiary/aromatic N) is 2. The van der Waals surface area contributed by atoms with Crippen molar-refractivity contribution in [1.82, 2.24) is 4.98 Å². The van der Waals surface area contributed by atoms with E-state index in [4.69, 9.17) is 5.11 Å². The number of amides is 1. The number of carboxylic acid groups (broad SMARTS) is 1. The summed E-state index contributed by atoms with van der Waals surface area (Å²) >= 11 is 2.03. The molecule has 1 amide bonds. The van der Waals surface area contributed by atoms with Gasteiger partial charge in [-0.1, -0.05) is 0 Å². The quantitative estimate of drug-likeness (QED) is 0.651. The molecule has 5 nitrogen and oxygen atoms in total. The fraction of sp³-hybridized carbons (Fsp3) is 0.300. The number of carbonyl (C=O) groups excluding carboxylic acids is 1. The first kappa shape index (κ1) is 11.3. The summed E-state index contributed by atoms with van der Waals surface area (Å²) in [5, 5.41) is 8.87. The molecule has 0 spiro atoms. The summed E-state index contributed by atoms with van der Waals surface area (Å²) < 4.78 is 0.708. The van der Waals surface area contributed by atoms with E-state index in [9.17, 15) is 9.59 Å². The van der Waals surface area contributed by atoms with Crippen LogP contribution < -0.4 is 4.90 Å². The Morgan fingerprint density at radius 1 is 1.62 bits per heavy atom. The van der Waals surface area contributed by atoms with Crippen LogP contribution in [0.1, 0.15) is 6.42 Å². The van der Waals surface area contributed by atoms with Crippen LogP contribution in [0, 0.1) is 9.62 Å². The van der Waals surface area contributed by atoms with Gasteiger partial charge in [0.15, 0.2) is 0 Å². The highest BCUT2D eigenvalue weighted by atomic mass is 127. The highest BCUT2D eigenvalue weighted by molar-refractivity contribution is 14.1. The Morgan fingerprint density at radius 2 is 2.38 bits per heavy atom. The lowest BCUT2D eigenvalue weighted by Crippen LogP contribution is -2.26. The van der Waals surface area contributed by atoms with Gasteiger partial charge >= 0.3 is 5.97 Å². The van der Waals surface area contributed by atoms with E-state index in [1.807, 2.05) is 22.6 Å². The standard InChI is InChI=1S/C10H9IN2O3/c11-9-7(2-1-3-12-9)13-5-6(10(15)16)4-8(13)14/h1-3,6H,4-5H2,(H,15,16). The maximum atomic E-state index is 11.7. The molecule has 1 saturated heterocycles. The van der Waals surface area contributed by atoms with Crippen LogP contribution in [-0.4, -0.2) is 28.5 Å². The molecule has 1 aromatic rings. The molecule has 0 aliphatic carbocycles. The third-order valence-electron chi connectivity index (χ3n) is 2.50. The molecule has 2 heterocycles. The molecular formula is C10H9IN2O3. The van der Waals surface area contributed by atoms with Gasteiger partial charge in [0.2, 0.25) is 5.91 Å². The van der Waals surface area contributed by atoms with Crippen molar-refractivity contribution < 1.29 is 14.7 Å². The topological polar surface area (TPSA) is 70.5 Å². The lowest BCUT2D eigenvalue weighted by molar-refractivity contribution is -0.141. The van der Waals surface area contributed by atoms with Gasteiger partial charge in [-0.3, -0.25) is 9.59 Å². The zero-order valence-corrected chi connectivity index (χ0v) is 10.4. The van der Waals surface area contributed by atoms with E-state index in [2.05, 4.69) is 4.98 Å². The van der Waals surface area contributed by atoms with E-state index in [1.165, 1.54) is 4.90 Å². The summed E-state index contributed by atoms with van der Waals surface area (Å²) in [6.45, 7) is 0.232. The number of hydrogen-bond acceptors (Lipinski definition) is 3. The van der Waals surface area contributed by atoms with E-state index in [-0.39, 0.29) is 18.9 Å². The normalized spacial score (nSPS) is 20.2. The summed E-state index contributed by atoms with van der Waals surface area (Å²) in [6.07, 6.45) is 1.71. The lowest BCUT2D eigenvalue weighted by atomic mass is 10.1. The van der Waals surface area contributed by atoms with Crippen LogP contribution in [0.25, 0.3) is 0 Å². The number of anilines is 1. The maximum absolute atomic E-state index is 11.7. The first-order valence-electron chi connectivity index (χ1n) is 4.73. The fourth-order valence-electron chi connectivity index (χ4n) is 1.68. The average Bonchev–Trinajstić information content (AvgIpc) is 2.61. The zero-order valence-electron chi connectivity index (χ0n) is 8.26. The van der Waals surface area contributed by atoms with Crippen LogP contribution in [0.3, 0.4) is 0 Å². The van der Waals surface area contributed by atoms with Crippen LogP contribution in [0.4, 0.5) is 5.69 Å². The molecule has 1 atom stereocenters. The van der Waals surface area contributed by atoms with Crippen molar-refractivity contribution in [3.8, 4) is 0 Å². The van der Waals surface area contributed by atoms with Gasteiger partial charge in [0.25, 0.3) is 0 Å². The molecule has 0 saturated carbocycles. The summed E-state index contributed by atoms with van der Waals surface area (Å²) in [7, 11) is 0. The molecule has 6 heteroatoms. The SMILES string of the molecule is O=C(O)C1CC(=O)N(c2cccnc2I)C1. The van der Waals surface area contributed by atoms with E-state index in [0.717, 1.165) is 0 Å². The van der Waals surface area contributed by atoms with Gasteiger partial charge in [0, 0.05) is 19.2 Å². The molecular weight excluding hydrogens is 323 g/mol. The van der Waals surface area contributed by atoms with Crippen LogP contribution in [-0.2, 0) is 9.59 Å². The van der Waals surface area contributed by atoms with Gasteiger partial charge in [0.1, 0.15) is 3.70 Å². The summed E-state index contributed by atoms with van der Waals surface area (Å²) in [5.41, 5.74) is 0.692. The van der Waals surface area contributed by atoms with Crippen LogP contribution in [0.5, 0.6) is 0 Å². The fourth-order valence-corrected chi connectivity index (χ4v) is 2.32. The first-order valence-corrected chi connectivity index (χ1v) is 5.81. The number of carboxylic acids is 1. The molecule has 1 aliphatic heterocycles. The minimum atomic E-state index is -0.922. The molecule has 1 fully saturated rings. The molecule has 0 aromatic carbocycles. The summed E-state index contributed by atoms with van der Waals surface area (Å²) in [4.78, 5) is 28.1. The Balaban J connectivity index is 2.27. The van der Waals surface area contributed by atoms with Crippen molar-refractivity contribution in [2.75, 3.05) is 11.4 Å². The summed E-state index contributed by atoms with van der Waals surface area (Å²) in [5.74, 6) is -1.68. The molecule has 1 aromatic heterocycles. The Hall–Kier alpha value is -1.18. The van der Waals surface area contributed by atoms with Crippen molar-refractivity contribution >= 4 is 40.2 Å². The van der Waals surface area contributed by atoms with Gasteiger partial charge in [-0.25, -0.2) is 4.98 Å². The number of aliphatic carboxylic acids is 1. The van der Waals surface area contributed by atoms with Crippen molar-refractivity contribution in [2.45, 2.75) is 6.42 Å². The van der Waals surface area contributed by atoms with E-state index >= 15 is 0 Å². The largest absolute Gasteiger partial charge is 0.481 e. The van der Waals surface area contributed by atoms with Crippen molar-refractivity contribution in [3.05, 3.63) is 22.0 Å². The molecule has 1 N–H and O–H groups in total. The molecule has 0 radical (unpaired) electrons. The van der Waals surface area contributed by atoms with Crippen LogP contribution in [0.2, 0.25) is 0 Å². The van der Waals surface area contributed by atoms with Gasteiger partial charge in [-0.2, -0.15) is 0 Å². The van der Waals surface area contributed by atoms with E-state index in [1.54, 1.807) is 18.3 Å². The Morgan fingerprint density at radius 3 is 2.94 bits per heavy atom. The number of carbonyl (C=O) groups is 2. The average molecular weight is 332 g/mol. The molecule has 1 unspecified atom stereocenters. The Bertz CT molecular complexity index is 449. The Labute approximate surface area is 106 Å². The first-order chi connectivity index (χ1) is 7.59. The molecule has 1 aliphatic rings. The zero-order chi connectivity index (χ0) is 11.7. The third kappa shape index (κ3) is 2.01. The maximum Gasteiger partial charge on any atom is 0.308 e. The second-order valence-electron chi connectivity index (χ2n) is 3.56. The third-order valence-corrected chi connectivity index (χ3v) is 3.34. The van der Waals surface area contributed by atoms with Crippen LogP contribution in [0.15, 0.2) is 18.3 Å². The number of pyridine rings is 1. The van der Waals surface area contributed by atoms with E-state index in [0.29, 0.717) is 9.39 Å². The highest BCUT2D eigenvalue weighted by Crippen LogP contribution is 2.27. The molecule has 2 rings (SSSR count). The van der Waals surface area contributed by atoms with Gasteiger partial charge in [-0.05, 0) is 34.7 Å². The van der Waals surface area contributed by atoms with Gasteiger partial charge < -0.3 is 10.0 Å². The van der Waals surface area contributed by atoms with Crippen molar-refractivity contribution in [1.29, 1.82) is 0 Å². The number of rotatable bonds is 2. The molecule has 0 bridgehead atoms. The van der Waals surface area contributed by atoms with Crippen LogP contribution >= 0.6 is 22.6 Å². The summed E-state index contributed by atoms with van der Waals surface area (Å²) in [6, 6.07) is 3.51. The predicted octanol–water partition coefficient (Wildman–Crippen LogP) is 1.12. The molecule has 16 heavy (non-hydrogen) atoms. The second-order valence-corrected chi connectivity index (χ2v) is 4.58. The van der Waals surface area contributed by atoms with Gasteiger partial charge in [-0.15, -0.1) is 0 Å². The minimum absolute atomic E-state index is 0.0697.